The number of esters is 1. The lowest BCUT2D eigenvalue weighted by molar-refractivity contribution is -0.281. The van der Waals surface area contributed by atoms with Crippen LogP contribution < -0.4 is 10.6 Å². The molecule has 35 heavy (non-hydrogen) atoms. The summed E-state index contributed by atoms with van der Waals surface area (Å²) >= 11 is 6.81. The van der Waals surface area contributed by atoms with E-state index in [0.717, 1.165) is 36.6 Å². The van der Waals surface area contributed by atoms with Crippen LogP contribution in [0.1, 0.15) is 52.4 Å². The lowest BCUT2D eigenvalue weighted by Gasteiger charge is -2.46. The maximum absolute atomic E-state index is 12.7. The number of alkyl halides is 1. The summed E-state index contributed by atoms with van der Waals surface area (Å²) in [5, 5.41) is 5.25. The van der Waals surface area contributed by atoms with Crippen molar-refractivity contribution in [1.29, 1.82) is 0 Å². The third-order valence-corrected chi connectivity index (χ3v) is 7.29. The fourth-order valence-electron chi connectivity index (χ4n) is 4.42. The number of carbonyl (C=O) groups is 3. The standard InChI is InChI=1S/C25H35ClN2O6S/c1-17-7-5-3-4-6-8-18(2)13-22(29)32-20-14-19(10-9-17)33-25(15-20,21-16-35-24(31)28-21)34-23(30)27-12-11-26/h3-5,7,13,17,19-21H,6,8-12,14-16H2,1-2H3,(H,27,30)(H,28,31)/b4-3-,7-5?,18-13-/t17-,19-,20-,21+,25+/m1/s1. The van der Waals surface area contributed by atoms with Gasteiger partial charge in [-0.25, -0.2) is 9.59 Å². The lowest BCUT2D eigenvalue weighted by Crippen LogP contribution is -2.61. The minimum atomic E-state index is -1.46. The number of allylic oxidation sites excluding steroid dienone is 5. The Hall–Kier alpha value is -1.97. The first-order valence-corrected chi connectivity index (χ1v) is 13.7. The minimum Gasteiger partial charge on any atom is -0.459 e. The van der Waals surface area contributed by atoms with Crippen molar-refractivity contribution in [1.82, 2.24) is 10.6 Å². The number of ether oxygens (including phenoxy) is 3. The highest BCUT2D eigenvalue weighted by molar-refractivity contribution is 8.14. The predicted molar refractivity (Wildman–Crippen MR) is 136 cm³/mol. The molecule has 0 spiro atoms. The fraction of sp³-hybridized carbons (Fsp3) is 0.640. The zero-order chi connectivity index (χ0) is 25.3. The van der Waals surface area contributed by atoms with Crippen LogP contribution in [0.4, 0.5) is 9.59 Å². The molecule has 2 fully saturated rings. The Kier molecular flexibility index (Phi) is 10.5. The van der Waals surface area contributed by atoms with Gasteiger partial charge in [0.05, 0.1) is 12.5 Å². The number of fused-ring (bicyclic) bond motifs is 2. The topological polar surface area (TPSA) is 103 Å². The summed E-state index contributed by atoms with van der Waals surface area (Å²) in [5.41, 5.74) is 0.926. The summed E-state index contributed by atoms with van der Waals surface area (Å²) in [4.78, 5) is 37.3. The van der Waals surface area contributed by atoms with Crippen molar-refractivity contribution in [3.8, 4) is 0 Å². The highest BCUT2D eigenvalue weighted by Gasteiger charge is 2.54. The monoisotopic (exact) mass is 526 g/mol. The third kappa shape index (κ3) is 8.58. The maximum Gasteiger partial charge on any atom is 0.409 e. The van der Waals surface area contributed by atoms with Crippen LogP contribution in [0.25, 0.3) is 0 Å². The van der Waals surface area contributed by atoms with Gasteiger partial charge in [0.25, 0.3) is 5.24 Å². The summed E-state index contributed by atoms with van der Waals surface area (Å²) < 4.78 is 18.1. The van der Waals surface area contributed by atoms with Gasteiger partial charge < -0.3 is 24.8 Å². The van der Waals surface area contributed by atoms with Gasteiger partial charge in [0.15, 0.2) is 0 Å². The molecule has 2 amide bonds. The van der Waals surface area contributed by atoms with Crippen LogP contribution in [0, 0.1) is 5.92 Å². The summed E-state index contributed by atoms with van der Waals surface area (Å²) in [5.74, 6) is -0.976. The van der Waals surface area contributed by atoms with E-state index in [4.69, 9.17) is 25.8 Å². The predicted octanol–water partition coefficient (Wildman–Crippen LogP) is 4.83. The van der Waals surface area contributed by atoms with Gasteiger partial charge in [0.1, 0.15) is 12.1 Å². The average Bonchev–Trinajstić information content (AvgIpc) is 3.25. The molecule has 0 aromatic rings. The van der Waals surface area contributed by atoms with Crippen molar-refractivity contribution >= 4 is 40.7 Å². The Morgan fingerprint density at radius 3 is 2.89 bits per heavy atom. The zero-order valence-corrected chi connectivity index (χ0v) is 21.9. The SMILES string of the molecule is C/C1=C/C(=O)O[C@@H]2C[C@@H](CC[C@H](C)C=C/C=C\CC1)O[C@@](OC(=O)NCCCl)([C@@H]1CSC(=O)N1)C2. The van der Waals surface area contributed by atoms with E-state index in [-0.39, 0.29) is 30.2 Å². The molecule has 10 heteroatoms. The third-order valence-electron chi connectivity index (χ3n) is 6.22. The van der Waals surface area contributed by atoms with Gasteiger partial charge in [-0.1, -0.05) is 48.6 Å². The molecule has 3 aliphatic rings. The molecule has 0 aromatic heterocycles. The van der Waals surface area contributed by atoms with E-state index in [1.165, 1.54) is 6.08 Å². The highest BCUT2D eigenvalue weighted by atomic mass is 35.5. The van der Waals surface area contributed by atoms with Gasteiger partial charge >= 0.3 is 12.1 Å². The Morgan fingerprint density at radius 2 is 2.14 bits per heavy atom. The Labute approximate surface area is 216 Å². The second kappa shape index (κ2) is 13.4. The molecule has 194 valence electrons. The first-order valence-electron chi connectivity index (χ1n) is 12.1. The molecule has 3 aliphatic heterocycles. The van der Waals surface area contributed by atoms with Gasteiger partial charge in [-0.15, -0.1) is 11.6 Å². The summed E-state index contributed by atoms with van der Waals surface area (Å²) in [6, 6.07) is -0.573. The van der Waals surface area contributed by atoms with Crippen LogP contribution in [0.5, 0.6) is 0 Å². The number of hydrogen-bond donors (Lipinski definition) is 2. The van der Waals surface area contributed by atoms with E-state index in [9.17, 15) is 14.4 Å². The number of hydrogen-bond acceptors (Lipinski definition) is 7. The Morgan fingerprint density at radius 1 is 1.31 bits per heavy atom. The summed E-state index contributed by atoms with van der Waals surface area (Å²) in [6.07, 6.45) is 12.0. The molecule has 3 heterocycles. The normalized spacial score (nSPS) is 34.8. The van der Waals surface area contributed by atoms with Crippen molar-refractivity contribution < 1.29 is 28.6 Å². The average molecular weight is 527 g/mol. The molecule has 2 saturated heterocycles. The maximum atomic E-state index is 12.7. The van der Waals surface area contributed by atoms with Crippen LogP contribution >= 0.6 is 23.4 Å². The van der Waals surface area contributed by atoms with Crippen molar-refractivity contribution in [2.24, 2.45) is 5.92 Å². The quantitative estimate of drug-likeness (QED) is 0.399. The van der Waals surface area contributed by atoms with E-state index < -0.39 is 30.0 Å². The number of alkyl carbamates (subject to hydrolysis) is 1. The van der Waals surface area contributed by atoms with Gasteiger partial charge in [-0.3, -0.25) is 4.79 Å². The second-order valence-corrected chi connectivity index (χ2v) is 10.6. The van der Waals surface area contributed by atoms with Gasteiger partial charge in [0.2, 0.25) is 5.79 Å². The van der Waals surface area contributed by atoms with Crippen LogP contribution in [-0.2, 0) is 19.0 Å². The molecule has 0 radical (unpaired) electrons. The number of carbonyl (C=O) groups excluding carboxylic acids is 3. The lowest BCUT2D eigenvalue weighted by atomic mass is 9.90. The van der Waals surface area contributed by atoms with Crippen LogP contribution in [0.3, 0.4) is 0 Å². The number of nitrogens with one attached hydrogen (secondary N) is 2. The number of halogens is 1. The number of rotatable bonds is 4. The van der Waals surface area contributed by atoms with Crippen LogP contribution in [-0.4, -0.2) is 59.5 Å². The fourth-order valence-corrected chi connectivity index (χ4v) is 5.40. The molecule has 0 saturated carbocycles. The van der Waals surface area contributed by atoms with E-state index in [1.54, 1.807) is 0 Å². The van der Waals surface area contributed by atoms with Crippen LogP contribution in [0.15, 0.2) is 36.0 Å². The molecule has 2 bridgehead atoms. The summed E-state index contributed by atoms with van der Waals surface area (Å²) in [6.45, 7) is 4.27. The molecule has 0 aromatic carbocycles. The van der Waals surface area contributed by atoms with Crippen LogP contribution in [0.2, 0.25) is 0 Å². The smallest absolute Gasteiger partial charge is 0.409 e. The van der Waals surface area contributed by atoms with Gasteiger partial charge in [-0.2, -0.15) is 0 Å². The molecule has 8 nitrogen and oxygen atoms in total. The molecule has 2 N–H and O–H groups in total. The van der Waals surface area contributed by atoms with Gasteiger partial charge in [0, 0.05) is 30.7 Å². The largest absolute Gasteiger partial charge is 0.459 e. The molecule has 0 aliphatic carbocycles. The van der Waals surface area contributed by atoms with Gasteiger partial charge in [-0.05, 0) is 38.5 Å². The highest BCUT2D eigenvalue weighted by Crippen LogP contribution is 2.39. The molecule has 5 atom stereocenters. The van der Waals surface area contributed by atoms with Crippen molar-refractivity contribution in [3.05, 3.63) is 36.0 Å². The Balaban J connectivity index is 1.88. The van der Waals surface area contributed by atoms with E-state index in [2.05, 4.69) is 29.7 Å². The van der Waals surface area contributed by atoms with Crippen molar-refractivity contribution in [2.75, 3.05) is 18.2 Å². The number of thioether (sulfide) groups is 1. The van der Waals surface area contributed by atoms with Crippen molar-refractivity contribution in [2.45, 2.75) is 76.4 Å². The number of amides is 2. The zero-order valence-electron chi connectivity index (χ0n) is 20.3. The molecule has 3 rings (SSSR count). The summed E-state index contributed by atoms with van der Waals surface area (Å²) in [7, 11) is 0. The van der Waals surface area contributed by atoms with E-state index in [0.29, 0.717) is 24.5 Å². The van der Waals surface area contributed by atoms with Crippen molar-refractivity contribution in [3.63, 3.8) is 0 Å². The second-order valence-electron chi connectivity index (χ2n) is 9.25. The molecular weight excluding hydrogens is 492 g/mol. The molecule has 0 unspecified atom stereocenters. The Bertz CT molecular complexity index is 863. The van der Waals surface area contributed by atoms with E-state index >= 15 is 0 Å². The van der Waals surface area contributed by atoms with E-state index in [1.807, 2.05) is 19.1 Å². The molecular formula is C25H35ClN2O6S. The minimum absolute atomic E-state index is 0.125. The first kappa shape index (κ1) is 27.6. The first-order chi connectivity index (χ1) is 16.8.